The second kappa shape index (κ2) is 7.86. The molecule has 1 fully saturated rings. The van der Waals surface area contributed by atoms with E-state index in [1.54, 1.807) is 4.90 Å². The van der Waals surface area contributed by atoms with Gasteiger partial charge in [-0.3, -0.25) is 28.4 Å². The van der Waals surface area contributed by atoms with Crippen LogP contribution in [0.3, 0.4) is 0 Å². The van der Waals surface area contributed by atoms with Crippen LogP contribution in [0.25, 0.3) is 0 Å². The number of rotatable bonds is 6. The fourth-order valence-corrected chi connectivity index (χ4v) is 3.31. The highest BCUT2D eigenvalue weighted by Crippen LogP contribution is 2.18. The summed E-state index contributed by atoms with van der Waals surface area (Å²) in [6.45, 7) is 4.32. The van der Waals surface area contributed by atoms with Gasteiger partial charge in [0, 0.05) is 13.6 Å². The molecule has 0 aromatic carbocycles. The molecule has 0 saturated carbocycles. The Labute approximate surface area is 151 Å². The lowest BCUT2D eigenvalue weighted by Crippen LogP contribution is -2.49. The quantitative estimate of drug-likeness (QED) is 0.673. The van der Waals surface area contributed by atoms with Crippen LogP contribution in [0.2, 0.25) is 0 Å². The summed E-state index contributed by atoms with van der Waals surface area (Å²) in [4.78, 5) is 50.5. The van der Waals surface area contributed by atoms with E-state index in [2.05, 4.69) is 0 Å². The summed E-state index contributed by atoms with van der Waals surface area (Å²) in [6, 6.07) is -0.751. The number of nitrogen functional groups attached to an aromatic ring is 1. The van der Waals surface area contributed by atoms with E-state index >= 15 is 0 Å². The van der Waals surface area contributed by atoms with E-state index in [0.717, 1.165) is 17.4 Å². The minimum Gasteiger partial charge on any atom is -0.480 e. The first-order chi connectivity index (χ1) is 12.1. The molecule has 0 amide bonds. The van der Waals surface area contributed by atoms with Crippen LogP contribution in [0, 0.1) is 5.92 Å². The number of carboxylic acids is 1. The smallest absolute Gasteiger partial charge is 0.332 e. The molecule has 0 spiro atoms. The standard InChI is InChI=1S/C17H26N4O5/c1-10(2)8-21-14(18)13(15(23)19(3)17(21)26)12(22)9-20-7-5-4-6-11(20)16(24)25/h10-11H,4-9,18H2,1-3H3,(H,24,25). The van der Waals surface area contributed by atoms with Gasteiger partial charge in [-0.2, -0.15) is 0 Å². The zero-order valence-electron chi connectivity index (χ0n) is 15.4. The Bertz CT molecular complexity index is 824. The molecule has 9 heteroatoms. The summed E-state index contributed by atoms with van der Waals surface area (Å²) >= 11 is 0. The number of Topliss-reactive ketones (excluding diaryl/α,β-unsaturated/α-hetero) is 1. The average Bonchev–Trinajstić information content (AvgIpc) is 2.57. The molecule has 1 aliphatic heterocycles. The van der Waals surface area contributed by atoms with Crippen LogP contribution < -0.4 is 17.0 Å². The number of aromatic nitrogens is 2. The number of ketones is 1. The minimum atomic E-state index is -0.983. The van der Waals surface area contributed by atoms with E-state index in [1.165, 1.54) is 11.6 Å². The molecule has 2 rings (SSSR count). The number of piperidine rings is 1. The maximum Gasteiger partial charge on any atom is 0.332 e. The molecular weight excluding hydrogens is 340 g/mol. The molecule has 1 aromatic rings. The summed E-state index contributed by atoms with van der Waals surface area (Å²) in [7, 11) is 1.30. The lowest BCUT2D eigenvalue weighted by molar-refractivity contribution is -0.144. The second-order valence-electron chi connectivity index (χ2n) is 7.15. The van der Waals surface area contributed by atoms with Gasteiger partial charge in [0.15, 0.2) is 5.78 Å². The van der Waals surface area contributed by atoms with Crippen molar-refractivity contribution >= 4 is 17.6 Å². The van der Waals surface area contributed by atoms with Crippen molar-refractivity contribution < 1.29 is 14.7 Å². The van der Waals surface area contributed by atoms with Gasteiger partial charge in [0.1, 0.15) is 17.4 Å². The van der Waals surface area contributed by atoms with Crippen molar-refractivity contribution in [3.8, 4) is 0 Å². The molecule has 1 aromatic heterocycles. The van der Waals surface area contributed by atoms with Gasteiger partial charge in [-0.05, 0) is 25.3 Å². The van der Waals surface area contributed by atoms with Gasteiger partial charge in [0.25, 0.3) is 5.56 Å². The molecule has 0 radical (unpaired) electrons. The summed E-state index contributed by atoms with van der Waals surface area (Å²) in [5.41, 5.74) is 4.43. The number of hydrogen-bond acceptors (Lipinski definition) is 6. The summed E-state index contributed by atoms with van der Waals surface area (Å²) in [5, 5.41) is 9.34. The second-order valence-corrected chi connectivity index (χ2v) is 7.15. The topological polar surface area (TPSA) is 128 Å². The Morgan fingerprint density at radius 1 is 1.27 bits per heavy atom. The Kier molecular flexibility index (Phi) is 6.01. The third-order valence-electron chi connectivity index (χ3n) is 4.66. The molecule has 9 nitrogen and oxygen atoms in total. The van der Waals surface area contributed by atoms with Crippen LogP contribution in [-0.2, 0) is 18.4 Å². The van der Waals surface area contributed by atoms with Crippen molar-refractivity contribution in [3.05, 3.63) is 26.4 Å². The Morgan fingerprint density at radius 3 is 2.50 bits per heavy atom. The minimum absolute atomic E-state index is 0.0916. The number of nitrogens with zero attached hydrogens (tertiary/aromatic N) is 3. The van der Waals surface area contributed by atoms with Gasteiger partial charge < -0.3 is 10.8 Å². The number of aliphatic carboxylic acids is 1. The number of carboxylic acid groups (broad SMARTS) is 1. The first-order valence-electron chi connectivity index (χ1n) is 8.74. The van der Waals surface area contributed by atoms with Gasteiger partial charge in [0.05, 0.1) is 6.54 Å². The Balaban J connectivity index is 2.42. The number of carbonyl (C=O) groups is 2. The third-order valence-corrected chi connectivity index (χ3v) is 4.66. The van der Waals surface area contributed by atoms with Crippen LogP contribution >= 0.6 is 0 Å². The van der Waals surface area contributed by atoms with E-state index < -0.39 is 29.0 Å². The van der Waals surface area contributed by atoms with E-state index in [4.69, 9.17) is 5.73 Å². The largest absolute Gasteiger partial charge is 0.480 e. The highest BCUT2D eigenvalue weighted by molar-refractivity contribution is 6.01. The van der Waals surface area contributed by atoms with E-state index in [-0.39, 0.29) is 30.4 Å². The monoisotopic (exact) mass is 366 g/mol. The Hall–Kier alpha value is -2.42. The maximum absolute atomic E-state index is 12.8. The van der Waals surface area contributed by atoms with Crippen LogP contribution in [0.5, 0.6) is 0 Å². The molecule has 2 heterocycles. The number of anilines is 1. The highest BCUT2D eigenvalue weighted by atomic mass is 16.4. The van der Waals surface area contributed by atoms with Crippen molar-refractivity contribution in [3.63, 3.8) is 0 Å². The first-order valence-corrected chi connectivity index (χ1v) is 8.74. The average molecular weight is 366 g/mol. The summed E-state index contributed by atoms with van der Waals surface area (Å²) < 4.78 is 2.10. The predicted molar refractivity (Wildman–Crippen MR) is 96.4 cm³/mol. The number of nitrogens with two attached hydrogens (primary N) is 1. The van der Waals surface area contributed by atoms with Crippen molar-refractivity contribution in [2.45, 2.75) is 45.7 Å². The van der Waals surface area contributed by atoms with Gasteiger partial charge in [-0.25, -0.2) is 4.79 Å². The summed E-state index contributed by atoms with van der Waals surface area (Å²) in [6.07, 6.45) is 2.03. The molecule has 144 valence electrons. The molecular formula is C17H26N4O5. The van der Waals surface area contributed by atoms with Crippen LogP contribution in [0.4, 0.5) is 5.82 Å². The lowest BCUT2D eigenvalue weighted by atomic mass is 10.0. The zero-order chi connectivity index (χ0) is 19.6. The van der Waals surface area contributed by atoms with Crippen LogP contribution in [0.1, 0.15) is 43.5 Å². The molecule has 1 atom stereocenters. The molecule has 0 aliphatic carbocycles. The number of likely N-dealkylation sites (tertiary alicyclic amines) is 1. The normalized spacial score (nSPS) is 18.2. The van der Waals surface area contributed by atoms with E-state index in [9.17, 15) is 24.3 Å². The number of carbonyl (C=O) groups excluding carboxylic acids is 1. The molecule has 26 heavy (non-hydrogen) atoms. The van der Waals surface area contributed by atoms with Crippen molar-refractivity contribution in [2.75, 3.05) is 18.8 Å². The van der Waals surface area contributed by atoms with Crippen molar-refractivity contribution in [2.24, 2.45) is 13.0 Å². The van der Waals surface area contributed by atoms with Gasteiger partial charge >= 0.3 is 11.7 Å². The van der Waals surface area contributed by atoms with Crippen LogP contribution in [-0.4, -0.2) is 50.0 Å². The fourth-order valence-electron chi connectivity index (χ4n) is 3.31. The highest BCUT2D eigenvalue weighted by Gasteiger charge is 2.31. The number of hydrogen-bond donors (Lipinski definition) is 2. The first kappa shape index (κ1) is 19.9. The molecule has 1 aliphatic rings. The Morgan fingerprint density at radius 2 is 1.92 bits per heavy atom. The molecule has 1 unspecified atom stereocenters. The maximum atomic E-state index is 12.8. The summed E-state index contributed by atoms with van der Waals surface area (Å²) in [5.74, 6) is -1.61. The molecule has 1 saturated heterocycles. The lowest BCUT2D eigenvalue weighted by Gasteiger charge is -2.32. The fraction of sp³-hybridized carbons (Fsp3) is 0.647. The molecule has 0 bridgehead atoms. The third kappa shape index (κ3) is 3.87. The SMILES string of the molecule is CC(C)Cn1c(N)c(C(=O)CN2CCCCC2C(=O)O)c(=O)n(C)c1=O. The van der Waals surface area contributed by atoms with E-state index in [0.29, 0.717) is 13.0 Å². The molecule has 3 N–H and O–H groups in total. The van der Waals surface area contributed by atoms with E-state index in [1.807, 2.05) is 13.8 Å². The predicted octanol–water partition coefficient (Wildman–Crippen LogP) is -0.0930. The van der Waals surface area contributed by atoms with Crippen molar-refractivity contribution in [1.29, 1.82) is 0 Å². The van der Waals surface area contributed by atoms with Crippen molar-refractivity contribution in [1.82, 2.24) is 14.0 Å². The van der Waals surface area contributed by atoms with Gasteiger partial charge in [-0.1, -0.05) is 20.3 Å². The van der Waals surface area contributed by atoms with Gasteiger partial charge in [0.2, 0.25) is 0 Å². The van der Waals surface area contributed by atoms with Crippen LogP contribution in [0.15, 0.2) is 9.59 Å². The van der Waals surface area contributed by atoms with Gasteiger partial charge in [-0.15, -0.1) is 0 Å². The zero-order valence-corrected chi connectivity index (χ0v) is 15.4.